The van der Waals surface area contributed by atoms with E-state index in [4.69, 9.17) is 4.74 Å². The lowest BCUT2D eigenvalue weighted by molar-refractivity contribution is 0.217. The lowest BCUT2D eigenvalue weighted by Crippen LogP contribution is -2.09. The molecule has 0 aliphatic heterocycles. The molecule has 1 atom stereocenters. The Labute approximate surface area is 87.3 Å². The van der Waals surface area contributed by atoms with E-state index in [1.807, 2.05) is 12.1 Å². The first-order valence-electron chi connectivity index (χ1n) is 4.14. The zero-order chi connectivity index (χ0) is 8.97. The summed E-state index contributed by atoms with van der Waals surface area (Å²) in [5.74, 6) is 0.963. The predicted molar refractivity (Wildman–Crippen MR) is 59.5 cm³/mol. The number of benzene rings is 1. The van der Waals surface area contributed by atoms with Gasteiger partial charge in [-0.2, -0.15) is 0 Å². The van der Waals surface area contributed by atoms with Gasteiger partial charge in [0.15, 0.2) is 0 Å². The molecule has 0 aliphatic carbocycles. The van der Waals surface area contributed by atoms with E-state index in [1.165, 1.54) is 3.57 Å². The second-order valence-electron chi connectivity index (χ2n) is 2.79. The van der Waals surface area contributed by atoms with Crippen LogP contribution in [0.5, 0.6) is 5.75 Å². The third kappa shape index (κ3) is 3.01. The van der Waals surface area contributed by atoms with E-state index in [1.54, 1.807) is 0 Å². The first kappa shape index (κ1) is 9.84. The summed E-state index contributed by atoms with van der Waals surface area (Å²) in [5.41, 5.74) is 0. The fourth-order valence-corrected chi connectivity index (χ4v) is 1.19. The van der Waals surface area contributed by atoms with Gasteiger partial charge in [-0.1, -0.05) is 6.92 Å². The molecule has 1 nitrogen and oxygen atoms in total. The van der Waals surface area contributed by atoms with Gasteiger partial charge in [-0.15, -0.1) is 0 Å². The Morgan fingerprint density at radius 3 is 2.42 bits per heavy atom. The molecule has 1 aromatic rings. The van der Waals surface area contributed by atoms with Crippen molar-refractivity contribution in [1.29, 1.82) is 0 Å². The molecule has 0 amide bonds. The summed E-state index contributed by atoms with van der Waals surface area (Å²) in [4.78, 5) is 0. The third-order valence-corrected chi connectivity index (χ3v) is 2.44. The average Bonchev–Trinajstić information content (AvgIpc) is 2.09. The van der Waals surface area contributed by atoms with Gasteiger partial charge in [0.2, 0.25) is 0 Å². The quantitative estimate of drug-likeness (QED) is 0.768. The third-order valence-electron chi connectivity index (χ3n) is 1.73. The highest BCUT2D eigenvalue weighted by Gasteiger charge is 1.99. The van der Waals surface area contributed by atoms with E-state index in [-0.39, 0.29) is 0 Å². The number of halogens is 1. The van der Waals surface area contributed by atoms with Gasteiger partial charge in [0, 0.05) is 3.57 Å². The first-order valence-corrected chi connectivity index (χ1v) is 5.22. The molecule has 0 radical (unpaired) electrons. The maximum atomic E-state index is 5.62. The minimum atomic E-state index is 0.310. The van der Waals surface area contributed by atoms with Crippen molar-refractivity contribution in [2.24, 2.45) is 0 Å². The van der Waals surface area contributed by atoms with Crippen LogP contribution in [0.3, 0.4) is 0 Å². The summed E-state index contributed by atoms with van der Waals surface area (Å²) < 4.78 is 6.86. The fraction of sp³-hybridized carbons (Fsp3) is 0.400. The minimum absolute atomic E-state index is 0.310. The van der Waals surface area contributed by atoms with Gasteiger partial charge in [-0.05, 0) is 60.2 Å². The monoisotopic (exact) mass is 276 g/mol. The van der Waals surface area contributed by atoms with Gasteiger partial charge in [0.25, 0.3) is 0 Å². The van der Waals surface area contributed by atoms with Crippen LogP contribution in [0.15, 0.2) is 24.3 Å². The van der Waals surface area contributed by atoms with Crippen molar-refractivity contribution in [1.82, 2.24) is 0 Å². The highest BCUT2D eigenvalue weighted by Crippen LogP contribution is 2.15. The Bertz CT molecular complexity index is 230. The Morgan fingerprint density at radius 2 is 1.92 bits per heavy atom. The molecular formula is C10H13IO. The Hall–Kier alpha value is -0.250. The standard InChI is InChI=1S/C10H13IO/c1-3-8(2)12-10-6-4-9(11)5-7-10/h4-8H,3H2,1-2H3/t8-/m0/s1. The highest BCUT2D eigenvalue weighted by molar-refractivity contribution is 14.1. The zero-order valence-electron chi connectivity index (χ0n) is 7.38. The molecular weight excluding hydrogens is 263 g/mol. The smallest absolute Gasteiger partial charge is 0.119 e. The van der Waals surface area contributed by atoms with Crippen molar-refractivity contribution in [2.75, 3.05) is 0 Å². The van der Waals surface area contributed by atoms with E-state index >= 15 is 0 Å². The van der Waals surface area contributed by atoms with Crippen molar-refractivity contribution >= 4 is 22.6 Å². The maximum absolute atomic E-state index is 5.62. The van der Waals surface area contributed by atoms with E-state index in [0.29, 0.717) is 6.10 Å². The molecule has 2 heteroatoms. The first-order chi connectivity index (χ1) is 5.72. The Morgan fingerprint density at radius 1 is 1.33 bits per heavy atom. The molecule has 0 heterocycles. The molecule has 0 aliphatic rings. The fourth-order valence-electron chi connectivity index (χ4n) is 0.829. The van der Waals surface area contributed by atoms with Crippen LogP contribution in [-0.2, 0) is 0 Å². The van der Waals surface area contributed by atoms with E-state index in [0.717, 1.165) is 12.2 Å². The van der Waals surface area contributed by atoms with Gasteiger partial charge in [0.1, 0.15) is 5.75 Å². The highest BCUT2D eigenvalue weighted by atomic mass is 127. The van der Waals surface area contributed by atoms with Crippen molar-refractivity contribution < 1.29 is 4.74 Å². The lowest BCUT2D eigenvalue weighted by Gasteiger charge is -2.11. The topological polar surface area (TPSA) is 9.23 Å². The van der Waals surface area contributed by atoms with Crippen LogP contribution in [0.25, 0.3) is 0 Å². The minimum Gasteiger partial charge on any atom is -0.491 e. The molecule has 0 fully saturated rings. The summed E-state index contributed by atoms with van der Waals surface area (Å²) in [5, 5.41) is 0. The van der Waals surface area contributed by atoms with Crippen LogP contribution in [0.2, 0.25) is 0 Å². The van der Waals surface area contributed by atoms with Gasteiger partial charge in [0.05, 0.1) is 6.10 Å². The van der Waals surface area contributed by atoms with Crippen LogP contribution in [0.1, 0.15) is 20.3 Å². The van der Waals surface area contributed by atoms with E-state index in [9.17, 15) is 0 Å². The maximum Gasteiger partial charge on any atom is 0.119 e. The molecule has 66 valence electrons. The largest absolute Gasteiger partial charge is 0.491 e. The number of rotatable bonds is 3. The second kappa shape index (κ2) is 4.70. The summed E-state index contributed by atoms with van der Waals surface area (Å²) >= 11 is 2.28. The predicted octanol–water partition coefficient (Wildman–Crippen LogP) is 3.47. The SMILES string of the molecule is CC[C@H](C)Oc1ccc(I)cc1. The summed E-state index contributed by atoms with van der Waals surface area (Å²) in [6.07, 6.45) is 1.36. The van der Waals surface area contributed by atoms with Crippen molar-refractivity contribution in [3.05, 3.63) is 27.8 Å². The molecule has 1 rings (SSSR count). The molecule has 0 spiro atoms. The molecule has 12 heavy (non-hydrogen) atoms. The molecule has 0 saturated carbocycles. The van der Waals surface area contributed by atoms with Gasteiger partial charge < -0.3 is 4.74 Å². The summed E-state index contributed by atoms with van der Waals surface area (Å²) in [6, 6.07) is 8.12. The molecule has 0 N–H and O–H groups in total. The lowest BCUT2D eigenvalue weighted by atomic mass is 10.3. The normalized spacial score (nSPS) is 12.6. The van der Waals surface area contributed by atoms with E-state index < -0.39 is 0 Å². The Balaban J connectivity index is 2.58. The summed E-state index contributed by atoms with van der Waals surface area (Å²) in [7, 11) is 0. The molecule has 0 unspecified atom stereocenters. The van der Waals surface area contributed by atoms with Crippen LogP contribution < -0.4 is 4.74 Å². The number of hydrogen-bond donors (Lipinski definition) is 0. The average molecular weight is 276 g/mol. The number of hydrogen-bond acceptors (Lipinski definition) is 1. The molecule has 1 aromatic carbocycles. The second-order valence-corrected chi connectivity index (χ2v) is 4.04. The van der Waals surface area contributed by atoms with Crippen LogP contribution in [0, 0.1) is 3.57 Å². The van der Waals surface area contributed by atoms with Gasteiger partial charge >= 0.3 is 0 Å². The van der Waals surface area contributed by atoms with Crippen molar-refractivity contribution in [2.45, 2.75) is 26.4 Å². The van der Waals surface area contributed by atoms with Gasteiger partial charge in [-0.3, -0.25) is 0 Å². The molecule has 0 saturated heterocycles. The molecule has 0 aromatic heterocycles. The van der Waals surface area contributed by atoms with Crippen LogP contribution >= 0.6 is 22.6 Å². The van der Waals surface area contributed by atoms with Crippen LogP contribution in [-0.4, -0.2) is 6.10 Å². The zero-order valence-corrected chi connectivity index (χ0v) is 9.54. The summed E-state index contributed by atoms with van der Waals surface area (Å²) in [6.45, 7) is 4.20. The van der Waals surface area contributed by atoms with Crippen molar-refractivity contribution in [3.63, 3.8) is 0 Å². The van der Waals surface area contributed by atoms with Crippen LogP contribution in [0.4, 0.5) is 0 Å². The Kier molecular flexibility index (Phi) is 3.85. The van der Waals surface area contributed by atoms with Crippen molar-refractivity contribution in [3.8, 4) is 5.75 Å². The van der Waals surface area contributed by atoms with Gasteiger partial charge in [-0.25, -0.2) is 0 Å². The number of ether oxygens (including phenoxy) is 1. The van der Waals surface area contributed by atoms with E-state index in [2.05, 4.69) is 48.6 Å². The molecule has 0 bridgehead atoms.